The van der Waals surface area contributed by atoms with Gasteiger partial charge in [-0.25, -0.2) is 0 Å². The summed E-state index contributed by atoms with van der Waals surface area (Å²) in [4.78, 5) is 39.3. The molecule has 5 rings (SSSR count). The number of hydrogen-bond donors (Lipinski definition) is 1. The number of hydrogen-bond acceptors (Lipinski definition) is 9. The maximum Gasteiger partial charge on any atom is 0.294 e. The summed E-state index contributed by atoms with van der Waals surface area (Å²) in [5.74, 6) is 0.858. The molecule has 1 fully saturated rings. The number of imide groups is 1. The molecule has 208 valence electrons. The Morgan fingerprint density at radius 3 is 2.61 bits per heavy atom. The topological polar surface area (TPSA) is 127 Å². The molecular formula is C29H22BrN3O7S. The van der Waals surface area contributed by atoms with E-state index < -0.39 is 23.6 Å². The quantitative estimate of drug-likeness (QED) is 0.326. The van der Waals surface area contributed by atoms with Gasteiger partial charge in [-0.3, -0.25) is 19.3 Å². The van der Waals surface area contributed by atoms with Crippen LogP contribution in [0.3, 0.4) is 0 Å². The summed E-state index contributed by atoms with van der Waals surface area (Å²) < 4.78 is 23.0. The van der Waals surface area contributed by atoms with Crippen LogP contribution >= 0.6 is 27.7 Å². The van der Waals surface area contributed by atoms with Gasteiger partial charge in [0.05, 0.1) is 28.1 Å². The molecule has 10 nitrogen and oxygen atoms in total. The summed E-state index contributed by atoms with van der Waals surface area (Å²) in [6.07, 6.45) is 1.56. The van der Waals surface area contributed by atoms with E-state index in [1.807, 2.05) is 0 Å². The van der Waals surface area contributed by atoms with Crippen molar-refractivity contribution in [3.8, 4) is 29.1 Å². The van der Waals surface area contributed by atoms with Gasteiger partial charge in [-0.05, 0) is 81.3 Å². The van der Waals surface area contributed by atoms with Gasteiger partial charge in [0, 0.05) is 11.8 Å². The average Bonchev–Trinajstić information content (AvgIpc) is 3.23. The van der Waals surface area contributed by atoms with Gasteiger partial charge in [0.25, 0.3) is 11.1 Å². The van der Waals surface area contributed by atoms with Crippen LogP contribution in [0.15, 0.2) is 64.0 Å². The number of methoxy groups -OCH3 is 1. The molecule has 0 spiro atoms. The van der Waals surface area contributed by atoms with Crippen LogP contribution in [0.4, 0.5) is 10.5 Å². The van der Waals surface area contributed by atoms with Crippen LogP contribution < -0.4 is 24.3 Å². The Kier molecular flexibility index (Phi) is 8.47. The molecule has 3 aromatic carbocycles. The van der Waals surface area contributed by atoms with Crippen LogP contribution in [-0.2, 0) is 16.2 Å². The average molecular weight is 636 g/mol. The molecule has 0 atom stereocenters. The Balaban J connectivity index is 1.25. The minimum atomic E-state index is -0.575. The number of halogens is 1. The van der Waals surface area contributed by atoms with Crippen LogP contribution in [0.25, 0.3) is 6.08 Å². The molecule has 41 heavy (non-hydrogen) atoms. The largest absolute Gasteiger partial charge is 0.493 e. The van der Waals surface area contributed by atoms with E-state index in [9.17, 15) is 14.4 Å². The molecule has 3 aromatic rings. The zero-order valence-electron chi connectivity index (χ0n) is 21.6. The molecule has 0 bridgehead atoms. The Morgan fingerprint density at radius 1 is 1.12 bits per heavy atom. The number of thioether (sulfide) groups is 1. The Morgan fingerprint density at radius 2 is 1.88 bits per heavy atom. The van der Waals surface area contributed by atoms with Crippen molar-refractivity contribution >= 4 is 56.5 Å². The lowest BCUT2D eigenvalue weighted by molar-refractivity contribution is -0.127. The van der Waals surface area contributed by atoms with E-state index in [1.165, 1.54) is 7.11 Å². The van der Waals surface area contributed by atoms with Gasteiger partial charge in [0.1, 0.15) is 26.4 Å². The zero-order valence-corrected chi connectivity index (χ0v) is 24.0. The minimum absolute atomic E-state index is 0.169. The molecular weight excluding hydrogens is 614 g/mol. The van der Waals surface area contributed by atoms with Crippen molar-refractivity contribution in [2.45, 2.75) is 6.61 Å². The number of rotatable bonds is 8. The third-order valence-corrected chi connectivity index (χ3v) is 7.51. The number of anilines is 1. The first kappa shape index (κ1) is 28.1. The fourth-order valence-corrected chi connectivity index (χ4v) is 5.46. The number of amides is 3. The van der Waals surface area contributed by atoms with Crippen molar-refractivity contribution in [3.05, 3.63) is 80.7 Å². The zero-order chi connectivity index (χ0) is 28.9. The molecule has 0 saturated carbocycles. The molecule has 2 aliphatic rings. The van der Waals surface area contributed by atoms with E-state index in [1.54, 1.807) is 60.7 Å². The number of carbonyl (C=O) groups is 3. The van der Waals surface area contributed by atoms with E-state index in [2.05, 4.69) is 27.3 Å². The van der Waals surface area contributed by atoms with Crippen LogP contribution in [0, 0.1) is 11.3 Å². The number of nitriles is 1. The molecule has 0 aliphatic carbocycles. The highest BCUT2D eigenvalue weighted by molar-refractivity contribution is 9.10. The number of nitrogens with one attached hydrogen (secondary N) is 1. The molecule has 2 heterocycles. The van der Waals surface area contributed by atoms with E-state index >= 15 is 0 Å². The predicted octanol–water partition coefficient (Wildman–Crippen LogP) is 5.35. The fourth-order valence-electron chi connectivity index (χ4n) is 4.05. The Hall–Kier alpha value is -4.47. The lowest BCUT2D eigenvalue weighted by atomic mass is 10.1. The molecule has 1 N–H and O–H groups in total. The van der Waals surface area contributed by atoms with Gasteiger partial charge < -0.3 is 24.3 Å². The van der Waals surface area contributed by atoms with Crippen molar-refractivity contribution in [1.29, 1.82) is 5.26 Å². The minimum Gasteiger partial charge on any atom is -0.493 e. The van der Waals surface area contributed by atoms with Crippen molar-refractivity contribution in [2.24, 2.45) is 0 Å². The smallest absolute Gasteiger partial charge is 0.294 e. The van der Waals surface area contributed by atoms with Crippen molar-refractivity contribution in [2.75, 3.05) is 32.2 Å². The predicted molar refractivity (Wildman–Crippen MR) is 155 cm³/mol. The molecule has 2 aliphatic heterocycles. The summed E-state index contributed by atoms with van der Waals surface area (Å²) in [6.45, 7) is 0.663. The summed E-state index contributed by atoms with van der Waals surface area (Å²) in [6, 6.07) is 17.5. The first-order chi connectivity index (χ1) is 19.8. The Labute approximate surface area is 247 Å². The number of nitrogens with zero attached hydrogens (tertiary/aromatic N) is 2. The van der Waals surface area contributed by atoms with E-state index in [0.29, 0.717) is 57.5 Å². The molecule has 12 heteroatoms. The molecule has 3 amide bonds. The normalized spacial score (nSPS) is 15.0. The number of ether oxygens (including phenoxy) is 4. The first-order valence-corrected chi connectivity index (χ1v) is 13.9. The third kappa shape index (κ3) is 6.48. The molecule has 0 unspecified atom stereocenters. The molecule has 0 aromatic heterocycles. The standard InChI is InChI=1S/C29H22BrN3O7S/c1-37-24-11-19(10-21(30)27(24)40-16-18-4-2-17(14-31)3-5-18)12-25-28(35)33(29(36)41-25)15-26(34)32-20-6-7-22-23(13-20)39-9-8-38-22/h2-7,10-13H,8-9,15-16H2,1H3,(H,32,34)/b25-12+. The van der Waals surface area contributed by atoms with E-state index in [-0.39, 0.29) is 11.5 Å². The summed E-state index contributed by atoms with van der Waals surface area (Å²) in [5, 5.41) is 11.1. The molecule has 0 radical (unpaired) electrons. The lowest BCUT2D eigenvalue weighted by Crippen LogP contribution is -2.36. The second-order valence-corrected chi connectivity index (χ2v) is 10.7. The second kappa shape index (κ2) is 12.4. The maximum atomic E-state index is 13.0. The van der Waals surface area contributed by atoms with E-state index in [0.717, 1.165) is 22.2 Å². The van der Waals surface area contributed by atoms with E-state index in [4.69, 9.17) is 24.2 Å². The van der Waals surface area contributed by atoms with Gasteiger partial charge in [0.2, 0.25) is 5.91 Å². The maximum absolute atomic E-state index is 13.0. The van der Waals surface area contributed by atoms with Gasteiger partial charge in [0.15, 0.2) is 23.0 Å². The summed E-state index contributed by atoms with van der Waals surface area (Å²) in [5.41, 5.74) is 2.47. The van der Waals surface area contributed by atoms with Gasteiger partial charge >= 0.3 is 0 Å². The van der Waals surface area contributed by atoms with Crippen LogP contribution in [0.1, 0.15) is 16.7 Å². The van der Waals surface area contributed by atoms with Crippen molar-refractivity contribution < 1.29 is 33.3 Å². The summed E-state index contributed by atoms with van der Waals surface area (Å²) in [7, 11) is 1.49. The highest BCUT2D eigenvalue weighted by atomic mass is 79.9. The highest BCUT2D eigenvalue weighted by Gasteiger charge is 2.36. The number of benzene rings is 3. The van der Waals surface area contributed by atoms with Crippen LogP contribution in [-0.4, -0.2) is 48.8 Å². The Bertz CT molecular complexity index is 1600. The lowest BCUT2D eigenvalue weighted by Gasteiger charge is -2.19. The molecule has 1 saturated heterocycles. The number of fused-ring (bicyclic) bond motifs is 1. The van der Waals surface area contributed by atoms with Crippen LogP contribution in [0.2, 0.25) is 0 Å². The van der Waals surface area contributed by atoms with Gasteiger partial charge in [-0.15, -0.1) is 0 Å². The first-order valence-electron chi connectivity index (χ1n) is 12.3. The highest BCUT2D eigenvalue weighted by Crippen LogP contribution is 2.39. The fraction of sp³-hybridized carbons (Fsp3) is 0.172. The van der Waals surface area contributed by atoms with Crippen LogP contribution in [0.5, 0.6) is 23.0 Å². The number of carbonyl (C=O) groups excluding carboxylic acids is 3. The van der Waals surface area contributed by atoms with Gasteiger partial charge in [-0.2, -0.15) is 5.26 Å². The monoisotopic (exact) mass is 635 g/mol. The SMILES string of the molecule is COc1cc(/C=C2/SC(=O)N(CC(=O)Nc3ccc4c(c3)OCCO4)C2=O)cc(Br)c1OCc1ccc(C#N)cc1. The van der Waals surface area contributed by atoms with Gasteiger partial charge in [-0.1, -0.05) is 12.1 Å². The summed E-state index contributed by atoms with van der Waals surface area (Å²) >= 11 is 4.24. The van der Waals surface area contributed by atoms with Crippen molar-refractivity contribution in [3.63, 3.8) is 0 Å². The van der Waals surface area contributed by atoms with Crippen molar-refractivity contribution in [1.82, 2.24) is 4.90 Å². The third-order valence-electron chi connectivity index (χ3n) is 6.02. The second-order valence-electron chi connectivity index (χ2n) is 8.81.